The summed E-state index contributed by atoms with van der Waals surface area (Å²) in [6.07, 6.45) is 3.01. The fourth-order valence-electron chi connectivity index (χ4n) is 2.17. The van der Waals surface area contributed by atoms with Crippen LogP contribution in [0, 0.1) is 0 Å². The van der Waals surface area contributed by atoms with Crippen molar-refractivity contribution in [1.82, 2.24) is 15.5 Å². The van der Waals surface area contributed by atoms with Gasteiger partial charge in [-0.2, -0.15) is 0 Å². The minimum absolute atomic E-state index is 0.156. The van der Waals surface area contributed by atoms with Crippen LogP contribution in [0.2, 0.25) is 0 Å². The molecule has 2 unspecified atom stereocenters. The summed E-state index contributed by atoms with van der Waals surface area (Å²) >= 11 is 3.18. The molecule has 0 bridgehead atoms. The van der Waals surface area contributed by atoms with Crippen LogP contribution in [0.3, 0.4) is 0 Å². The maximum absolute atomic E-state index is 12.2. The van der Waals surface area contributed by atoms with Crippen molar-refractivity contribution >= 4 is 29.1 Å². The molecule has 0 saturated heterocycles. The van der Waals surface area contributed by atoms with E-state index in [9.17, 15) is 4.79 Å². The Labute approximate surface area is 127 Å². The Hall–Kier alpha value is -0.660. The Morgan fingerprint density at radius 2 is 2.45 bits per heavy atom. The number of esters is 1. The van der Waals surface area contributed by atoms with Crippen LogP contribution in [0.1, 0.15) is 40.0 Å². The second kappa shape index (κ2) is 6.87. The molecular weight excluding hydrogens is 294 g/mol. The molecule has 2 atom stereocenters. The van der Waals surface area contributed by atoms with E-state index in [-0.39, 0.29) is 11.2 Å². The van der Waals surface area contributed by atoms with Crippen LogP contribution in [0.25, 0.3) is 0 Å². The van der Waals surface area contributed by atoms with Gasteiger partial charge in [0.15, 0.2) is 4.34 Å². The van der Waals surface area contributed by atoms with Crippen LogP contribution >= 0.6 is 23.1 Å². The van der Waals surface area contributed by atoms with Gasteiger partial charge in [-0.3, -0.25) is 10.1 Å². The van der Waals surface area contributed by atoms with Gasteiger partial charge < -0.3 is 4.74 Å². The van der Waals surface area contributed by atoms with Gasteiger partial charge in [0.25, 0.3) is 0 Å². The van der Waals surface area contributed by atoms with Gasteiger partial charge in [-0.1, -0.05) is 30.0 Å². The maximum Gasteiger partial charge on any atom is 0.326 e. The topological polar surface area (TPSA) is 64.1 Å². The lowest BCUT2D eigenvalue weighted by atomic mass is 9.95. The first-order valence-corrected chi connectivity index (χ1v) is 8.67. The second-order valence-electron chi connectivity index (χ2n) is 5.31. The zero-order valence-electron chi connectivity index (χ0n) is 12.1. The van der Waals surface area contributed by atoms with Crippen LogP contribution in [0.15, 0.2) is 9.85 Å². The van der Waals surface area contributed by atoms with Crippen molar-refractivity contribution < 1.29 is 9.53 Å². The predicted molar refractivity (Wildman–Crippen MR) is 81.0 cm³/mol. The number of hydrogen-bond acceptors (Lipinski definition) is 7. The summed E-state index contributed by atoms with van der Waals surface area (Å²) in [4.78, 5) is 12.2. The van der Waals surface area contributed by atoms with E-state index in [4.69, 9.17) is 4.74 Å². The molecule has 112 valence electrons. The summed E-state index contributed by atoms with van der Waals surface area (Å²) in [7, 11) is 0. The third-order valence-electron chi connectivity index (χ3n) is 3.16. The Morgan fingerprint density at radius 3 is 3.00 bits per heavy atom. The first-order chi connectivity index (χ1) is 9.53. The number of nitrogens with zero attached hydrogens (tertiary/aromatic N) is 2. The molecule has 1 N–H and O–H groups in total. The number of carbonyl (C=O) groups excluding carboxylic acids is 1. The van der Waals surface area contributed by atoms with Crippen molar-refractivity contribution in [2.24, 2.45) is 0 Å². The summed E-state index contributed by atoms with van der Waals surface area (Å²) < 4.78 is 6.18. The van der Waals surface area contributed by atoms with E-state index in [0.717, 1.165) is 17.2 Å². The van der Waals surface area contributed by atoms with E-state index in [1.54, 1.807) is 17.3 Å². The van der Waals surface area contributed by atoms with Crippen molar-refractivity contribution in [3.05, 3.63) is 5.51 Å². The fourth-order valence-corrected chi connectivity index (χ4v) is 4.15. The lowest BCUT2D eigenvalue weighted by molar-refractivity contribution is -0.150. The minimum Gasteiger partial charge on any atom is -0.465 e. The molecule has 2 rings (SSSR count). The lowest BCUT2D eigenvalue weighted by Gasteiger charge is -2.30. The number of aromatic nitrogens is 2. The molecule has 0 aromatic carbocycles. The average Bonchev–Trinajstić information content (AvgIpc) is 3.03. The average molecular weight is 315 g/mol. The standard InChI is InChI=1S/C13H21N3O2S2/c1-4-18-11(17)13(3,15-10-5-6-10)7-9(2)20-12-16-14-8-19-12/h8-10,15H,4-7H2,1-3H3. The third-order valence-corrected chi connectivity index (χ3v) is 5.08. The molecule has 1 fully saturated rings. The van der Waals surface area contributed by atoms with Crippen LogP contribution in [0.4, 0.5) is 0 Å². The zero-order valence-corrected chi connectivity index (χ0v) is 13.7. The molecule has 20 heavy (non-hydrogen) atoms. The van der Waals surface area contributed by atoms with Gasteiger partial charge in [-0.05, 0) is 33.1 Å². The van der Waals surface area contributed by atoms with Gasteiger partial charge >= 0.3 is 5.97 Å². The molecule has 0 spiro atoms. The monoisotopic (exact) mass is 315 g/mol. The maximum atomic E-state index is 12.2. The molecule has 1 saturated carbocycles. The van der Waals surface area contributed by atoms with Crippen LogP contribution in [-0.4, -0.2) is 39.6 Å². The molecule has 5 nitrogen and oxygen atoms in total. The van der Waals surface area contributed by atoms with Gasteiger partial charge in [-0.15, -0.1) is 10.2 Å². The molecule has 1 aromatic heterocycles. The van der Waals surface area contributed by atoms with Crippen molar-refractivity contribution in [3.8, 4) is 0 Å². The zero-order chi connectivity index (χ0) is 14.6. The predicted octanol–water partition coefficient (Wildman–Crippen LogP) is 2.48. The van der Waals surface area contributed by atoms with Crippen LogP contribution in [0.5, 0.6) is 0 Å². The van der Waals surface area contributed by atoms with Crippen molar-refractivity contribution in [3.63, 3.8) is 0 Å². The van der Waals surface area contributed by atoms with Gasteiger partial charge in [0.05, 0.1) is 6.61 Å². The summed E-state index contributed by atoms with van der Waals surface area (Å²) in [5, 5.41) is 11.6. The molecule has 1 aliphatic rings. The number of thioether (sulfide) groups is 1. The van der Waals surface area contributed by atoms with Crippen molar-refractivity contribution in [2.45, 2.75) is 61.2 Å². The largest absolute Gasteiger partial charge is 0.465 e. The van der Waals surface area contributed by atoms with E-state index in [1.807, 2.05) is 13.8 Å². The molecular formula is C13H21N3O2S2. The number of hydrogen-bond donors (Lipinski definition) is 1. The molecule has 1 aliphatic carbocycles. The molecule has 7 heteroatoms. The Kier molecular flexibility index (Phi) is 5.40. The van der Waals surface area contributed by atoms with E-state index in [2.05, 4.69) is 22.4 Å². The highest BCUT2D eigenvalue weighted by atomic mass is 32.2. The quantitative estimate of drug-likeness (QED) is 0.587. The van der Waals surface area contributed by atoms with E-state index in [0.29, 0.717) is 19.1 Å². The lowest BCUT2D eigenvalue weighted by Crippen LogP contribution is -2.52. The van der Waals surface area contributed by atoms with Gasteiger partial charge in [0, 0.05) is 11.3 Å². The SMILES string of the molecule is CCOC(=O)C(C)(CC(C)Sc1nncs1)NC1CC1. The first-order valence-electron chi connectivity index (χ1n) is 6.91. The number of ether oxygens (including phenoxy) is 1. The summed E-state index contributed by atoms with van der Waals surface area (Å²) in [6.45, 7) is 6.31. The van der Waals surface area contributed by atoms with E-state index >= 15 is 0 Å². The summed E-state index contributed by atoms with van der Waals surface area (Å²) in [6, 6.07) is 0.461. The number of carbonyl (C=O) groups is 1. The Morgan fingerprint density at radius 1 is 1.70 bits per heavy atom. The van der Waals surface area contributed by atoms with Crippen molar-refractivity contribution in [1.29, 1.82) is 0 Å². The van der Waals surface area contributed by atoms with E-state index < -0.39 is 5.54 Å². The summed E-state index contributed by atoms with van der Waals surface area (Å²) in [5.41, 5.74) is 1.11. The minimum atomic E-state index is -0.617. The number of nitrogens with one attached hydrogen (secondary N) is 1. The molecule has 0 radical (unpaired) electrons. The third kappa shape index (κ3) is 4.43. The van der Waals surface area contributed by atoms with Gasteiger partial charge in [-0.25, -0.2) is 0 Å². The fraction of sp³-hybridized carbons (Fsp3) is 0.769. The highest BCUT2D eigenvalue weighted by Gasteiger charge is 2.40. The van der Waals surface area contributed by atoms with Crippen LogP contribution < -0.4 is 5.32 Å². The molecule has 0 amide bonds. The molecule has 1 aromatic rings. The Balaban J connectivity index is 1.96. The smallest absolute Gasteiger partial charge is 0.326 e. The second-order valence-corrected chi connectivity index (χ2v) is 7.83. The highest BCUT2D eigenvalue weighted by Crippen LogP contribution is 2.32. The Bertz CT molecular complexity index is 437. The summed E-state index contributed by atoms with van der Waals surface area (Å²) in [5.74, 6) is -0.156. The van der Waals surface area contributed by atoms with Gasteiger partial charge in [0.1, 0.15) is 11.0 Å². The van der Waals surface area contributed by atoms with E-state index in [1.165, 1.54) is 11.3 Å². The highest BCUT2D eigenvalue weighted by molar-refractivity contribution is 8.01. The van der Waals surface area contributed by atoms with Gasteiger partial charge in [0.2, 0.25) is 0 Å². The van der Waals surface area contributed by atoms with Crippen molar-refractivity contribution in [2.75, 3.05) is 6.61 Å². The first kappa shape index (κ1) is 15.7. The normalized spacial score (nSPS) is 19.4. The molecule has 0 aliphatic heterocycles. The van der Waals surface area contributed by atoms with Crippen LogP contribution in [-0.2, 0) is 9.53 Å². The number of rotatable bonds is 8. The molecule has 1 heterocycles.